The van der Waals surface area contributed by atoms with E-state index in [-0.39, 0.29) is 0 Å². The van der Waals surface area contributed by atoms with E-state index in [1.54, 1.807) is 0 Å². The molecule has 0 radical (unpaired) electrons. The number of carbonyl (C=O) groups is 1. The molecule has 1 saturated carbocycles. The second-order valence-electron chi connectivity index (χ2n) is 4.90. The molecule has 1 rings (SSSR count). The van der Waals surface area contributed by atoms with E-state index >= 15 is 0 Å². The van der Waals surface area contributed by atoms with E-state index in [9.17, 15) is 9.90 Å². The number of hydrogen-bond acceptors (Lipinski definition) is 1. The van der Waals surface area contributed by atoms with Crippen LogP contribution in [0.25, 0.3) is 0 Å². The van der Waals surface area contributed by atoms with Crippen LogP contribution in [0.15, 0.2) is 0 Å². The first kappa shape index (κ1) is 12.5. The maximum absolute atomic E-state index is 11.5. The lowest BCUT2D eigenvalue weighted by molar-refractivity contribution is -0.153. The molecule has 1 fully saturated rings. The fraction of sp³-hybridized carbons (Fsp3) is 0.923. The van der Waals surface area contributed by atoms with Gasteiger partial charge in [-0.1, -0.05) is 39.5 Å². The lowest BCUT2D eigenvalue weighted by atomic mass is 9.69. The van der Waals surface area contributed by atoms with Crippen LogP contribution in [0, 0.1) is 11.3 Å². The monoisotopic (exact) mass is 212 g/mol. The minimum Gasteiger partial charge on any atom is -0.481 e. The summed E-state index contributed by atoms with van der Waals surface area (Å²) in [6.07, 6.45) is 8.54. The summed E-state index contributed by atoms with van der Waals surface area (Å²) >= 11 is 0. The predicted octanol–water partition coefficient (Wildman–Crippen LogP) is 3.85. The average Bonchev–Trinajstić information content (AvgIpc) is 2.73. The van der Waals surface area contributed by atoms with E-state index in [4.69, 9.17) is 0 Å². The van der Waals surface area contributed by atoms with Crippen molar-refractivity contribution in [2.24, 2.45) is 11.3 Å². The van der Waals surface area contributed by atoms with E-state index in [1.807, 2.05) is 6.92 Å². The Morgan fingerprint density at radius 3 is 2.33 bits per heavy atom. The van der Waals surface area contributed by atoms with Crippen molar-refractivity contribution in [3.63, 3.8) is 0 Å². The highest BCUT2D eigenvalue weighted by Gasteiger charge is 2.44. The van der Waals surface area contributed by atoms with Crippen molar-refractivity contribution in [3.05, 3.63) is 0 Å². The van der Waals surface area contributed by atoms with Gasteiger partial charge in [-0.3, -0.25) is 4.79 Å². The lowest BCUT2D eigenvalue weighted by Gasteiger charge is -2.34. The Hall–Kier alpha value is -0.530. The van der Waals surface area contributed by atoms with E-state index in [2.05, 4.69) is 6.92 Å². The summed E-state index contributed by atoms with van der Waals surface area (Å²) < 4.78 is 0. The average molecular weight is 212 g/mol. The van der Waals surface area contributed by atoms with Gasteiger partial charge in [0.15, 0.2) is 0 Å². The quantitative estimate of drug-likeness (QED) is 0.726. The largest absolute Gasteiger partial charge is 0.481 e. The van der Waals surface area contributed by atoms with Crippen LogP contribution in [0.4, 0.5) is 0 Å². The zero-order valence-corrected chi connectivity index (χ0v) is 10.1. The van der Waals surface area contributed by atoms with Crippen LogP contribution in [0.3, 0.4) is 0 Å². The normalized spacial score (nSPS) is 21.5. The second-order valence-corrected chi connectivity index (χ2v) is 4.90. The molecule has 0 aromatic heterocycles. The molecule has 0 aromatic rings. The Balaban J connectivity index is 2.76. The zero-order valence-electron chi connectivity index (χ0n) is 10.1. The molecular formula is C13H24O2. The number of carboxylic acid groups (broad SMARTS) is 1. The summed E-state index contributed by atoms with van der Waals surface area (Å²) in [5.74, 6) is -0.114. The number of hydrogen-bond donors (Lipinski definition) is 1. The summed E-state index contributed by atoms with van der Waals surface area (Å²) in [5, 5.41) is 9.51. The fourth-order valence-electron chi connectivity index (χ4n) is 3.07. The molecule has 0 bridgehead atoms. The molecule has 1 N–H and O–H groups in total. The maximum Gasteiger partial charge on any atom is 0.309 e. The molecule has 0 heterocycles. The van der Waals surface area contributed by atoms with Crippen LogP contribution in [0.1, 0.15) is 65.2 Å². The highest BCUT2D eigenvalue weighted by molar-refractivity contribution is 5.75. The Morgan fingerprint density at radius 1 is 1.33 bits per heavy atom. The smallest absolute Gasteiger partial charge is 0.309 e. The first-order valence-electron chi connectivity index (χ1n) is 6.40. The second kappa shape index (κ2) is 5.53. The van der Waals surface area contributed by atoms with Crippen molar-refractivity contribution >= 4 is 5.97 Å². The van der Waals surface area contributed by atoms with Gasteiger partial charge in [0.05, 0.1) is 5.41 Å². The summed E-state index contributed by atoms with van der Waals surface area (Å²) in [7, 11) is 0. The SMILES string of the molecule is CCCCC(CC)(C(=O)O)C1CCCC1. The maximum atomic E-state index is 11.5. The van der Waals surface area contributed by atoms with Crippen molar-refractivity contribution in [1.82, 2.24) is 0 Å². The molecule has 1 unspecified atom stereocenters. The van der Waals surface area contributed by atoms with Gasteiger partial charge in [-0.2, -0.15) is 0 Å². The third kappa shape index (κ3) is 2.53. The number of rotatable bonds is 6. The molecule has 0 aliphatic heterocycles. The van der Waals surface area contributed by atoms with Crippen molar-refractivity contribution in [1.29, 1.82) is 0 Å². The number of aliphatic carboxylic acids is 1. The molecule has 2 nitrogen and oxygen atoms in total. The van der Waals surface area contributed by atoms with E-state index < -0.39 is 11.4 Å². The molecule has 0 spiro atoms. The molecule has 1 aliphatic rings. The molecule has 0 aromatic carbocycles. The zero-order chi connectivity index (χ0) is 11.3. The van der Waals surface area contributed by atoms with Crippen LogP contribution in [-0.4, -0.2) is 11.1 Å². The van der Waals surface area contributed by atoms with E-state index in [0.717, 1.165) is 38.5 Å². The Labute approximate surface area is 93.1 Å². The van der Waals surface area contributed by atoms with Gasteiger partial charge in [0.1, 0.15) is 0 Å². The predicted molar refractivity (Wildman–Crippen MR) is 61.8 cm³/mol. The van der Waals surface area contributed by atoms with Crippen molar-refractivity contribution < 1.29 is 9.90 Å². The minimum atomic E-state index is -0.551. The van der Waals surface area contributed by atoms with Crippen molar-refractivity contribution in [3.8, 4) is 0 Å². The lowest BCUT2D eigenvalue weighted by Crippen LogP contribution is -2.37. The number of carboxylic acids is 1. The van der Waals surface area contributed by atoms with Gasteiger partial charge < -0.3 is 5.11 Å². The highest BCUT2D eigenvalue weighted by atomic mass is 16.4. The van der Waals surface area contributed by atoms with Crippen molar-refractivity contribution in [2.75, 3.05) is 0 Å². The van der Waals surface area contributed by atoms with Crippen LogP contribution < -0.4 is 0 Å². The van der Waals surface area contributed by atoms with Crippen LogP contribution in [0.2, 0.25) is 0 Å². The van der Waals surface area contributed by atoms with Crippen molar-refractivity contribution in [2.45, 2.75) is 65.2 Å². The molecule has 1 aliphatic carbocycles. The Morgan fingerprint density at radius 2 is 1.93 bits per heavy atom. The summed E-state index contributed by atoms with van der Waals surface area (Å²) in [6.45, 7) is 4.18. The molecule has 0 saturated heterocycles. The van der Waals surface area contributed by atoms with Gasteiger partial charge in [-0.05, 0) is 31.6 Å². The van der Waals surface area contributed by atoms with Crippen LogP contribution >= 0.6 is 0 Å². The molecule has 1 atom stereocenters. The molecule has 2 heteroatoms. The third-order valence-corrected chi connectivity index (χ3v) is 4.17. The number of unbranched alkanes of at least 4 members (excludes halogenated alkanes) is 1. The Kier molecular flexibility index (Phi) is 4.62. The van der Waals surface area contributed by atoms with Gasteiger partial charge in [-0.15, -0.1) is 0 Å². The van der Waals surface area contributed by atoms with Gasteiger partial charge >= 0.3 is 5.97 Å². The van der Waals surface area contributed by atoms with E-state index in [1.165, 1.54) is 12.8 Å². The first-order chi connectivity index (χ1) is 7.17. The summed E-state index contributed by atoms with van der Waals surface area (Å²) in [4.78, 5) is 11.5. The van der Waals surface area contributed by atoms with Gasteiger partial charge in [-0.25, -0.2) is 0 Å². The molecule has 0 amide bonds. The third-order valence-electron chi connectivity index (χ3n) is 4.17. The molecule has 15 heavy (non-hydrogen) atoms. The summed E-state index contributed by atoms with van der Waals surface area (Å²) in [6, 6.07) is 0. The standard InChI is InChI=1S/C13H24O2/c1-3-5-10-13(4-2,12(14)15)11-8-6-7-9-11/h11H,3-10H2,1-2H3,(H,14,15). The highest BCUT2D eigenvalue weighted by Crippen LogP contribution is 2.45. The minimum absolute atomic E-state index is 0.410. The topological polar surface area (TPSA) is 37.3 Å². The van der Waals surface area contributed by atoms with E-state index in [0.29, 0.717) is 5.92 Å². The van der Waals surface area contributed by atoms with Crippen LogP contribution in [-0.2, 0) is 4.79 Å². The molecular weight excluding hydrogens is 188 g/mol. The fourth-order valence-corrected chi connectivity index (χ4v) is 3.07. The first-order valence-corrected chi connectivity index (χ1v) is 6.40. The van der Waals surface area contributed by atoms with Gasteiger partial charge in [0, 0.05) is 0 Å². The Bertz CT molecular complexity index is 207. The van der Waals surface area contributed by atoms with Gasteiger partial charge in [0.25, 0.3) is 0 Å². The summed E-state index contributed by atoms with van der Waals surface area (Å²) in [5.41, 5.74) is -0.410. The molecule has 88 valence electrons. The van der Waals surface area contributed by atoms with Crippen LogP contribution in [0.5, 0.6) is 0 Å². The van der Waals surface area contributed by atoms with Gasteiger partial charge in [0.2, 0.25) is 0 Å².